The molecule has 17 aromatic rings. The molecular formula is C94H66Si2. The van der Waals surface area contributed by atoms with Crippen molar-refractivity contribution < 1.29 is 0 Å². The average Bonchev–Trinajstić information content (AvgIpc) is 1.32. The molecule has 0 amide bonds. The van der Waals surface area contributed by atoms with Crippen molar-refractivity contribution in [2.75, 3.05) is 0 Å². The summed E-state index contributed by atoms with van der Waals surface area (Å²) in [6.45, 7) is 10.2. The molecule has 0 N–H and O–H groups in total. The molecule has 96 heavy (non-hydrogen) atoms. The Labute approximate surface area is 562 Å². The summed E-state index contributed by atoms with van der Waals surface area (Å²) in [4.78, 5) is 0. The first-order valence-corrected chi connectivity index (χ1v) is 39.9. The molecule has 0 aliphatic carbocycles. The maximum atomic E-state index is 2.62. The lowest BCUT2D eigenvalue weighted by atomic mass is 9.84. The minimum absolute atomic E-state index is 1.20. The van der Waals surface area contributed by atoms with Gasteiger partial charge in [0.05, 0.1) is 0 Å². The maximum Gasteiger partial charge on any atom is 0.113 e. The van der Waals surface area contributed by atoms with Crippen LogP contribution >= 0.6 is 0 Å². The van der Waals surface area contributed by atoms with Crippen LogP contribution < -0.4 is 20.7 Å². The SMILES string of the molecule is C[Si]1(C)c2cc(-c3ccccc3)ccc2-c2cc3c(-c4ccc(-c5ccc(-c6ccc(-c7c8ccccc8c(-c8ccc9ccccc9c8)c8cc9c(cc78)[Si](C)(C)c7cc(-c8cccc%10ccccc8%10)ccc7-9)cc6)cc5)cc4)c4ccccc4c(-c4ccccc4)c3cc21. The van der Waals surface area contributed by atoms with E-state index in [-0.39, 0.29) is 0 Å². The van der Waals surface area contributed by atoms with Crippen molar-refractivity contribution in [2.45, 2.75) is 26.2 Å². The molecule has 0 bridgehead atoms. The Bertz CT molecular complexity index is 6070. The molecule has 0 fully saturated rings. The molecule has 17 aromatic carbocycles. The zero-order valence-electron chi connectivity index (χ0n) is 54.2. The van der Waals surface area contributed by atoms with Gasteiger partial charge in [-0.25, -0.2) is 0 Å². The third-order valence-corrected chi connectivity index (χ3v) is 28.9. The minimum atomic E-state index is -2.21. The summed E-state index contributed by atoms with van der Waals surface area (Å²) in [6.07, 6.45) is 0. The predicted octanol–water partition coefficient (Wildman–Crippen LogP) is 23.5. The van der Waals surface area contributed by atoms with E-state index in [4.69, 9.17) is 0 Å². The van der Waals surface area contributed by atoms with Crippen LogP contribution in [0.4, 0.5) is 0 Å². The molecule has 0 aromatic heterocycles. The predicted molar refractivity (Wildman–Crippen MR) is 419 cm³/mol. The van der Waals surface area contributed by atoms with E-state index in [1.165, 1.54) is 197 Å². The quantitative estimate of drug-likeness (QED) is 0.105. The minimum Gasteiger partial charge on any atom is -0.0622 e. The second-order valence-corrected chi connectivity index (χ2v) is 36.5. The first kappa shape index (κ1) is 56.3. The van der Waals surface area contributed by atoms with Crippen molar-refractivity contribution in [3.8, 4) is 111 Å². The van der Waals surface area contributed by atoms with E-state index in [1.807, 2.05) is 0 Å². The molecule has 0 nitrogen and oxygen atoms in total. The van der Waals surface area contributed by atoms with Crippen LogP contribution in [0.1, 0.15) is 0 Å². The van der Waals surface area contributed by atoms with E-state index in [0.29, 0.717) is 0 Å². The van der Waals surface area contributed by atoms with Gasteiger partial charge in [0.1, 0.15) is 16.1 Å². The normalized spacial score (nSPS) is 13.4. The second kappa shape index (κ2) is 21.6. The van der Waals surface area contributed by atoms with Crippen molar-refractivity contribution in [3.05, 3.63) is 328 Å². The number of rotatable bonds is 8. The van der Waals surface area contributed by atoms with Crippen LogP contribution in [-0.2, 0) is 0 Å². The molecule has 0 atom stereocenters. The molecule has 0 spiro atoms. The van der Waals surface area contributed by atoms with Gasteiger partial charge in [0.25, 0.3) is 0 Å². The molecule has 0 saturated carbocycles. The Hall–Kier alpha value is -11.3. The van der Waals surface area contributed by atoms with Crippen LogP contribution in [0.3, 0.4) is 0 Å². The summed E-state index contributed by atoms with van der Waals surface area (Å²) >= 11 is 0. The van der Waals surface area contributed by atoms with Gasteiger partial charge in [-0.3, -0.25) is 0 Å². The number of benzene rings is 17. The molecule has 0 radical (unpaired) electrons. The monoisotopic (exact) mass is 1250 g/mol. The van der Waals surface area contributed by atoms with Crippen LogP contribution in [-0.4, -0.2) is 16.1 Å². The summed E-state index contributed by atoms with van der Waals surface area (Å²) in [5, 5.41) is 21.4. The second-order valence-electron chi connectivity index (χ2n) is 27.8. The van der Waals surface area contributed by atoms with E-state index in [2.05, 4.69) is 354 Å². The van der Waals surface area contributed by atoms with Gasteiger partial charge in [-0.05, 0) is 215 Å². The highest BCUT2D eigenvalue weighted by molar-refractivity contribution is 7.04. The van der Waals surface area contributed by atoms with Gasteiger partial charge in [0.15, 0.2) is 0 Å². The summed E-state index contributed by atoms with van der Waals surface area (Å²) in [5.41, 5.74) is 25.6. The number of fused-ring (bicyclic) bond motifs is 12. The first-order chi connectivity index (χ1) is 47.1. The highest BCUT2D eigenvalue weighted by atomic mass is 28.3. The Morgan fingerprint density at radius 3 is 0.979 bits per heavy atom. The highest BCUT2D eigenvalue weighted by Crippen LogP contribution is 2.49. The highest BCUT2D eigenvalue weighted by Gasteiger charge is 2.40. The van der Waals surface area contributed by atoms with E-state index in [1.54, 1.807) is 0 Å². The summed E-state index contributed by atoms with van der Waals surface area (Å²) in [5.74, 6) is 0. The molecule has 2 aliphatic rings. The van der Waals surface area contributed by atoms with Crippen molar-refractivity contribution in [2.24, 2.45) is 0 Å². The van der Waals surface area contributed by atoms with Crippen molar-refractivity contribution in [1.82, 2.24) is 0 Å². The van der Waals surface area contributed by atoms with Gasteiger partial charge in [-0.2, -0.15) is 0 Å². The van der Waals surface area contributed by atoms with E-state index in [9.17, 15) is 0 Å². The molecule has 2 aliphatic heterocycles. The van der Waals surface area contributed by atoms with Crippen molar-refractivity contribution >= 4 is 102 Å². The Kier molecular flexibility index (Phi) is 12.7. The average molecular weight is 1250 g/mol. The van der Waals surface area contributed by atoms with E-state index in [0.717, 1.165) is 0 Å². The van der Waals surface area contributed by atoms with E-state index >= 15 is 0 Å². The summed E-state index contributed by atoms with van der Waals surface area (Å²) in [6, 6.07) is 124. The lowest BCUT2D eigenvalue weighted by Crippen LogP contribution is -2.49. The largest absolute Gasteiger partial charge is 0.113 e. The Morgan fingerprint density at radius 2 is 0.479 bits per heavy atom. The molecular weight excluding hydrogens is 1190 g/mol. The van der Waals surface area contributed by atoms with Gasteiger partial charge in [-0.1, -0.05) is 336 Å². The van der Waals surface area contributed by atoms with Gasteiger partial charge >= 0.3 is 0 Å². The number of hydrogen-bond acceptors (Lipinski definition) is 0. The molecule has 450 valence electrons. The van der Waals surface area contributed by atoms with Crippen LogP contribution in [0, 0.1) is 0 Å². The fourth-order valence-electron chi connectivity index (χ4n) is 17.0. The molecule has 0 saturated heterocycles. The Morgan fingerprint density at radius 1 is 0.156 bits per heavy atom. The van der Waals surface area contributed by atoms with Gasteiger partial charge in [0, 0.05) is 0 Å². The maximum absolute atomic E-state index is 2.62. The summed E-state index contributed by atoms with van der Waals surface area (Å²) < 4.78 is 0. The third-order valence-electron chi connectivity index (χ3n) is 21.8. The van der Waals surface area contributed by atoms with E-state index < -0.39 is 16.1 Å². The molecule has 0 unspecified atom stereocenters. The van der Waals surface area contributed by atoms with Crippen LogP contribution in [0.15, 0.2) is 328 Å². The van der Waals surface area contributed by atoms with Crippen LogP contribution in [0.25, 0.3) is 176 Å². The molecule has 2 heteroatoms. The Balaban J connectivity index is 0.692. The third kappa shape index (κ3) is 8.72. The fraction of sp³-hybridized carbons (Fsp3) is 0.0426. The first-order valence-electron chi connectivity index (χ1n) is 33.9. The van der Waals surface area contributed by atoms with Crippen molar-refractivity contribution in [3.63, 3.8) is 0 Å². The van der Waals surface area contributed by atoms with Crippen molar-refractivity contribution in [1.29, 1.82) is 0 Å². The summed E-state index contributed by atoms with van der Waals surface area (Å²) in [7, 11) is -4.32. The van der Waals surface area contributed by atoms with Crippen LogP contribution in [0.5, 0.6) is 0 Å². The molecule has 2 heterocycles. The standard InChI is InChI=1S/C94H66Si2/c1-95(2)87-53-70(59-20-7-5-8-21-59)48-50-75(87)81-55-83-85(57-89(81)95)91(66-24-9-6-10-25-66)77-29-15-16-30-78(77)92(83)67-43-38-63(39-44-67)61-34-36-62(37-35-61)64-40-45-68(46-41-64)93-79-31-17-18-32-80(79)94(72-47-42-60-22-11-12-26-69(60)52-72)84-56-82-76-51-49-71(54-88(76)96(3,4)90(82)58-86(84)93)74-33-19-27-65-23-13-14-28-73(65)74/h5-58H,1-4H3. The van der Waals surface area contributed by atoms with Gasteiger partial charge < -0.3 is 0 Å². The van der Waals surface area contributed by atoms with Crippen LogP contribution in [0.2, 0.25) is 26.2 Å². The zero-order valence-corrected chi connectivity index (χ0v) is 56.2. The van der Waals surface area contributed by atoms with Gasteiger partial charge in [-0.15, -0.1) is 0 Å². The smallest absolute Gasteiger partial charge is 0.0622 e. The molecule has 19 rings (SSSR count). The number of hydrogen-bond donors (Lipinski definition) is 0. The van der Waals surface area contributed by atoms with Gasteiger partial charge in [0.2, 0.25) is 0 Å². The topological polar surface area (TPSA) is 0 Å². The fourth-order valence-corrected chi connectivity index (χ4v) is 23.1. The lowest BCUT2D eigenvalue weighted by Gasteiger charge is -2.23. The lowest BCUT2D eigenvalue weighted by molar-refractivity contribution is 1.58. The zero-order chi connectivity index (χ0) is 64.0.